The molecule has 2 aromatic carbocycles. The predicted octanol–water partition coefficient (Wildman–Crippen LogP) is 4.24. The number of hydrogen-bond donors (Lipinski definition) is 1. The zero-order chi connectivity index (χ0) is 19.1. The van der Waals surface area contributed by atoms with E-state index >= 15 is 0 Å². The van der Waals surface area contributed by atoms with E-state index in [0.29, 0.717) is 16.5 Å². The molecule has 0 aromatic heterocycles. The van der Waals surface area contributed by atoms with Crippen LogP contribution in [0.25, 0.3) is 6.08 Å². The number of ether oxygens (including phenoxy) is 2. The lowest BCUT2D eigenvalue weighted by atomic mass is 10.1. The van der Waals surface area contributed by atoms with Gasteiger partial charge in [0, 0.05) is 11.8 Å². The number of halogens is 1. The van der Waals surface area contributed by atoms with Gasteiger partial charge in [0.1, 0.15) is 5.75 Å². The van der Waals surface area contributed by atoms with Crippen LogP contribution in [0.1, 0.15) is 18.1 Å². The molecule has 5 nitrogen and oxygen atoms in total. The molecule has 0 unspecified atom stereocenters. The summed E-state index contributed by atoms with van der Waals surface area (Å²) in [5, 5.41) is 3.01. The number of benzene rings is 2. The van der Waals surface area contributed by atoms with Crippen molar-refractivity contribution in [2.45, 2.75) is 20.0 Å². The van der Waals surface area contributed by atoms with Crippen LogP contribution in [0.15, 0.2) is 48.5 Å². The first kappa shape index (κ1) is 19.5. The largest absolute Gasteiger partial charge is 0.495 e. The quantitative estimate of drug-likeness (QED) is 0.607. The Kier molecular flexibility index (Phi) is 6.81. The van der Waals surface area contributed by atoms with Gasteiger partial charge in [-0.05, 0) is 43.7 Å². The molecule has 0 fully saturated rings. The molecular weight excluding hydrogens is 354 g/mol. The highest BCUT2D eigenvalue weighted by molar-refractivity contribution is 6.32. The fraction of sp³-hybridized carbons (Fsp3) is 0.200. The van der Waals surface area contributed by atoms with E-state index in [1.807, 2.05) is 31.2 Å². The molecule has 0 heterocycles. The van der Waals surface area contributed by atoms with Gasteiger partial charge in [-0.2, -0.15) is 0 Å². The third-order valence-electron chi connectivity index (χ3n) is 3.57. The molecule has 26 heavy (non-hydrogen) atoms. The van der Waals surface area contributed by atoms with Gasteiger partial charge >= 0.3 is 5.97 Å². The molecular formula is C20H20ClNO4. The van der Waals surface area contributed by atoms with Crippen molar-refractivity contribution >= 4 is 35.2 Å². The molecule has 0 aliphatic heterocycles. The average molecular weight is 374 g/mol. The molecule has 0 aliphatic rings. The van der Waals surface area contributed by atoms with Gasteiger partial charge in [-0.1, -0.05) is 41.4 Å². The molecule has 0 spiro atoms. The van der Waals surface area contributed by atoms with Crippen LogP contribution >= 0.6 is 11.6 Å². The Morgan fingerprint density at radius 3 is 2.46 bits per heavy atom. The molecule has 2 rings (SSSR count). The minimum absolute atomic E-state index is 0.371. The Morgan fingerprint density at radius 1 is 1.15 bits per heavy atom. The van der Waals surface area contributed by atoms with Crippen molar-refractivity contribution < 1.29 is 19.1 Å². The molecule has 0 aliphatic carbocycles. The van der Waals surface area contributed by atoms with Crippen LogP contribution in [-0.2, 0) is 14.3 Å². The Morgan fingerprint density at radius 2 is 1.85 bits per heavy atom. The predicted molar refractivity (Wildman–Crippen MR) is 102 cm³/mol. The third kappa shape index (κ3) is 5.63. The number of anilines is 1. The lowest BCUT2D eigenvalue weighted by molar-refractivity contribution is -0.148. The van der Waals surface area contributed by atoms with Crippen molar-refractivity contribution in [1.29, 1.82) is 0 Å². The molecule has 0 bridgehead atoms. The summed E-state index contributed by atoms with van der Waals surface area (Å²) in [5.74, 6) is -0.547. The smallest absolute Gasteiger partial charge is 0.331 e. The summed E-state index contributed by atoms with van der Waals surface area (Å²) in [7, 11) is 1.51. The lowest BCUT2D eigenvalue weighted by Crippen LogP contribution is -2.29. The normalized spacial score (nSPS) is 11.8. The van der Waals surface area contributed by atoms with Crippen molar-refractivity contribution in [2.24, 2.45) is 0 Å². The van der Waals surface area contributed by atoms with Crippen LogP contribution in [0, 0.1) is 6.92 Å². The number of amides is 1. The average Bonchev–Trinajstić information content (AvgIpc) is 2.61. The minimum atomic E-state index is -0.953. The first-order chi connectivity index (χ1) is 12.4. The zero-order valence-corrected chi connectivity index (χ0v) is 15.5. The van der Waals surface area contributed by atoms with Gasteiger partial charge in [-0.3, -0.25) is 4.79 Å². The number of hydrogen-bond acceptors (Lipinski definition) is 4. The van der Waals surface area contributed by atoms with Crippen molar-refractivity contribution in [2.75, 3.05) is 12.4 Å². The topological polar surface area (TPSA) is 64.6 Å². The molecule has 0 radical (unpaired) electrons. The third-order valence-corrected chi connectivity index (χ3v) is 3.87. The van der Waals surface area contributed by atoms with Crippen molar-refractivity contribution in [3.05, 3.63) is 64.7 Å². The second-order valence-corrected chi connectivity index (χ2v) is 6.07. The first-order valence-electron chi connectivity index (χ1n) is 7.99. The Labute approximate surface area is 157 Å². The number of carbonyl (C=O) groups is 2. The summed E-state index contributed by atoms with van der Waals surface area (Å²) >= 11 is 6.02. The molecule has 0 saturated carbocycles. The van der Waals surface area contributed by atoms with E-state index in [9.17, 15) is 9.59 Å². The maximum Gasteiger partial charge on any atom is 0.331 e. The number of aryl methyl sites for hydroxylation is 1. The number of carbonyl (C=O) groups excluding carboxylic acids is 2. The monoisotopic (exact) mass is 373 g/mol. The molecule has 1 N–H and O–H groups in total. The molecule has 136 valence electrons. The number of rotatable bonds is 6. The Hall–Kier alpha value is -2.79. The summed E-state index contributed by atoms with van der Waals surface area (Å²) in [6.07, 6.45) is 1.97. The SMILES string of the molecule is COc1ccc(NC(=O)[C@@H](C)OC(=O)/C=C/c2ccc(C)cc2)cc1Cl. The standard InChI is InChI=1S/C20H20ClNO4/c1-13-4-6-15(7-5-13)8-11-19(23)26-14(2)20(24)22-16-9-10-18(25-3)17(21)12-16/h4-12,14H,1-3H3,(H,22,24)/b11-8+/t14-/m1/s1. The molecule has 2 aromatic rings. The fourth-order valence-electron chi connectivity index (χ4n) is 2.10. The number of esters is 1. The van der Waals surface area contributed by atoms with Gasteiger partial charge in [0.25, 0.3) is 5.91 Å². The number of nitrogens with one attached hydrogen (secondary N) is 1. The summed E-state index contributed by atoms with van der Waals surface area (Å²) in [5.41, 5.74) is 2.49. The van der Waals surface area contributed by atoms with Gasteiger partial charge in [0.2, 0.25) is 0 Å². The fourth-order valence-corrected chi connectivity index (χ4v) is 2.35. The zero-order valence-electron chi connectivity index (χ0n) is 14.8. The van der Waals surface area contributed by atoms with Crippen LogP contribution in [-0.4, -0.2) is 25.1 Å². The van der Waals surface area contributed by atoms with E-state index in [-0.39, 0.29) is 0 Å². The van der Waals surface area contributed by atoms with E-state index in [1.54, 1.807) is 24.3 Å². The van der Waals surface area contributed by atoms with E-state index in [1.165, 1.54) is 20.1 Å². The van der Waals surface area contributed by atoms with Crippen LogP contribution in [0.4, 0.5) is 5.69 Å². The first-order valence-corrected chi connectivity index (χ1v) is 8.36. The minimum Gasteiger partial charge on any atom is -0.495 e. The van der Waals surface area contributed by atoms with Gasteiger partial charge in [-0.15, -0.1) is 0 Å². The highest BCUT2D eigenvalue weighted by Crippen LogP contribution is 2.27. The summed E-state index contributed by atoms with van der Waals surface area (Å²) in [6, 6.07) is 12.5. The van der Waals surface area contributed by atoms with E-state index in [0.717, 1.165) is 11.1 Å². The summed E-state index contributed by atoms with van der Waals surface area (Å²) in [4.78, 5) is 24.0. The highest BCUT2D eigenvalue weighted by atomic mass is 35.5. The summed E-state index contributed by atoms with van der Waals surface area (Å²) < 4.78 is 10.2. The molecule has 6 heteroatoms. The maximum absolute atomic E-state index is 12.1. The van der Waals surface area contributed by atoms with Gasteiger partial charge < -0.3 is 14.8 Å². The second-order valence-electron chi connectivity index (χ2n) is 5.66. The molecule has 1 atom stereocenters. The van der Waals surface area contributed by atoms with Gasteiger partial charge in [-0.25, -0.2) is 4.79 Å². The van der Waals surface area contributed by atoms with Crippen molar-refractivity contribution in [3.63, 3.8) is 0 Å². The second kappa shape index (κ2) is 9.06. The molecule has 1 amide bonds. The van der Waals surface area contributed by atoms with Crippen LogP contribution in [0.5, 0.6) is 5.75 Å². The van der Waals surface area contributed by atoms with Crippen LogP contribution in [0.2, 0.25) is 5.02 Å². The highest BCUT2D eigenvalue weighted by Gasteiger charge is 2.17. The maximum atomic E-state index is 12.1. The Balaban J connectivity index is 1.90. The van der Waals surface area contributed by atoms with Crippen LogP contribution < -0.4 is 10.1 Å². The van der Waals surface area contributed by atoms with E-state index in [4.69, 9.17) is 21.1 Å². The van der Waals surface area contributed by atoms with E-state index < -0.39 is 18.0 Å². The van der Waals surface area contributed by atoms with Crippen molar-refractivity contribution in [1.82, 2.24) is 0 Å². The van der Waals surface area contributed by atoms with Gasteiger partial charge in [0.15, 0.2) is 6.10 Å². The molecule has 0 saturated heterocycles. The summed E-state index contributed by atoms with van der Waals surface area (Å²) in [6.45, 7) is 3.48. The van der Waals surface area contributed by atoms with Crippen molar-refractivity contribution in [3.8, 4) is 5.75 Å². The van der Waals surface area contributed by atoms with E-state index in [2.05, 4.69) is 5.32 Å². The number of methoxy groups -OCH3 is 1. The lowest BCUT2D eigenvalue weighted by Gasteiger charge is -2.13. The Bertz CT molecular complexity index is 815. The van der Waals surface area contributed by atoms with Gasteiger partial charge in [0.05, 0.1) is 12.1 Å². The van der Waals surface area contributed by atoms with Crippen LogP contribution in [0.3, 0.4) is 0 Å².